The largest absolute Gasteiger partial charge is 0.396 e. The van der Waals surface area contributed by atoms with E-state index >= 15 is 0 Å². The SMILES string of the molecule is Cc1c(C(C)CO)[nH]c2c(NCc3cccs3)cc(C(C)C)nc12. The number of nitrogens with zero attached hydrogens (tertiary/aromatic N) is 1. The Morgan fingerprint density at radius 3 is 2.75 bits per heavy atom. The van der Waals surface area contributed by atoms with Crippen molar-refractivity contribution in [1.29, 1.82) is 0 Å². The van der Waals surface area contributed by atoms with Crippen molar-refractivity contribution in [2.24, 2.45) is 0 Å². The van der Waals surface area contributed by atoms with Gasteiger partial charge in [0, 0.05) is 28.7 Å². The Morgan fingerprint density at radius 1 is 1.33 bits per heavy atom. The van der Waals surface area contributed by atoms with Crippen LogP contribution in [0.25, 0.3) is 11.0 Å². The van der Waals surface area contributed by atoms with E-state index in [1.54, 1.807) is 11.3 Å². The third-order valence-electron chi connectivity index (χ3n) is 4.45. The summed E-state index contributed by atoms with van der Waals surface area (Å²) in [6.45, 7) is 9.37. The van der Waals surface area contributed by atoms with Crippen LogP contribution in [0.3, 0.4) is 0 Å². The van der Waals surface area contributed by atoms with Gasteiger partial charge in [-0.25, -0.2) is 0 Å². The van der Waals surface area contributed by atoms with Crippen molar-refractivity contribution >= 4 is 28.1 Å². The molecule has 0 spiro atoms. The van der Waals surface area contributed by atoms with E-state index in [0.717, 1.165) is 40.2 Å². The molecule has 0 bridgehead atoms. The second-order valence-corrected chi connectivity index (χ2v) is 7.69. The van der Waals surface area contributed by atoms with Gasteiger partial charge in [-0.15, -0.1) is 11.3 Å². The highest BCUT2D eigenvalue weighted by molar-refractivity contribution is 7.09. The number of pyridine rings is 1. The zero-order chi connectivity index (χ0) is 17.3. The average molecular weight is 343 g/mol. The van der Waals surface area contributed by atoms with Gasteiger partial charge in [0.25, 0.3) is 0 Å². The van der Waals surface area contributed by atoms with Gasteiger partial charge < -0.3 is 15.4 Å². The fourth-order valence-corrected chi connectivity index (χ4v) is 3.58. The van der Waals surface area contributed by atoms with Crippen LogP contribution in [-0.2, 0) is 6.54 Å². The Morgan fingerprint density at radius 2 is 2.12 bits per heavy atom. The molecule has 0 radical (unpaired) electrons. The molecule has 0 aliphatic carbocycles. The number of fused-ring (bicyclic) bond motifs is 1. The predicted molar refractivity (Wildman–Crippen MR) is 102 cm³/mol. The number of aliphatic hydroxyl groups is 1. The van der Waals surface area contributed by atoms with Crippen molar-refractivity contribution in [3.8, 4) is 0 Å². The maximum absolute atomic E-state index is 9.52. The first kappa shape index (κ1) is 17.0. The summed E-state index contributed by atoms with van der Waals surface area (Å²) in [6, 6.07) is 6.35. The molecule has 3 aromatic rings. The van der Waals surface area contributed by atoms with E-state index < -0.39 is 0 Å². The van der Waals surface area contributed by atoms with Gasteiger partial charge in [-0.05, 0) is 35.9 Å². The zero-order valence-corrected chi connectivity index (χ0v) is 15.5. The number of aromatic nitrogens is 2. The van der Waals surface area contributed by atoms with Crippen molar-refractivity contribution in [3.05, 3.63) is 45.4 Å². The minimum absolute atomic E-state index is 0.0758. The van der Waals surface area contributed by atoms with Crippen LogP contribution in [0.2, 0.25) is 0 Å². The summed E-state index contributed by atoms with van der Waals surface area (Å²) in [4.78, 5) is 9.67. The lowest BCUT2D eigenvalue weighted by molar-refractivity contribution is 0.271. The number of aliphatic hydroxyl groups excluding tert-OH is 1. The van der Waals surface area contributed by atoms with Crippen molar-refractivity contribution in [3.63, 3.8) is 0 Å². The number of anilines is 1. The lowest BCUT2D eigenvalue weighted by Crippen LogP contribution is -2.02. The smallest absolute Gasteiger partial charge is 0.0935 e. The minimum Gasteiger partial charge on any atom is -0.396 e. The van der Waals surface area contributed by atoms with Crippen LogP contribution in [0.15, 0.2) is 23.6 Å². The number of hydrogen-bond acceptors (Lipinski definition) is 4. The van der Waals surface area contributed by atoms with Gasteiger partial charge in [0.1, 0.15) is 0 Å². The van der Waals surface area contributed by atoms with Crippen LogP contribution in [0, 0.1) is 6.92 Å². The van der Waals surface area contributed by atoms with Gasteiger partial charge in [-0.2, -0.15) is 0 Å². The molecule has 0 aliphatic heterocycles. The molecule has 0 amide bonds. The highest BCUT2D eigenvalue weighted by atomic mass is 32.1. The van der Waals surface area contributed by atoms with E-state index in [4.69, 9.17) is 4.98 Å². The molecule has 0 aliphatic rings. The quantitative estimate of drug-likeness (QED) is 0.604. The number of nitrogens with one attached hydrogen (secondary N) is 2. The van der Waals surface area contributed by atoms with Crippen LogP contribution in [0.1, 0.15) is 54.4 Å². The average Bonchev–Trinajstić information content (AvgIpc) is 3.20. The Kier molecular flexibility index (Phi) is 4.92. The molecule has 0 saturated carbocycles. The van der Waals surface area contributed by atoms with Gasteiger partial charge in [0.2, 0.25) is 0 Å². The summed E-state index contributed by atoms with van der Waals surface area (Å²) in [6.07, 6.45) is 0. The number of rotatable bonds is 6. The molecule has 3 aromatic heterocycles. The predicted octanol–water partition coefficient (Wildman–Crippen LogP) is 4.76. The van der Waals surface area contributed by atoms with Gasteiger partial charge in [-0.3, -0.25) is 4.98 Å². The fourth-order valence-electron chi connectivity index (χ4n) is 2.93. The van der Waals surface area contributed by atoms with Crippen molar-refractivity contribution < 1.29 is 5.11 Å². The van der Waals surface area contributed by atoms with Crippen LogP contribution in [0.4, 0.5) is 5.69 Å². The Labute approximate surface area is 147 Å². The summed E-state index contributed by atoms with van der Waals surface area (Å²) < 4.78 is 0. The zero-order valence-electron chi connectivity index (χ0n) is 14.7. The lowest BCUT2D eigenvalue weighted by atomic mass is 10.0. The van der Waals surface area contributed by atoms with E-state index in [1.165, 1.54) is 4.88 Å². The van der Waals surface area contributed by atoms with E-state index in [-0.39, 0.29) is 12.5 Å². The highest BCUT2D eigenvalue weighted by Crippen LogP contribution is 2.32. The van der Waals surface area contributed by atoms with E-state index in [1.807, 2.05) is 6.92 Å². The molecule has 3 heterocycles. The topological polar surface area (TPSA) is 60.9 Å². The lowest BCUT2D eigenvalue weighted by Gasteiger charge is -2.11. The fraction of sp³-hybridized carbons (Fsp3) is 0.421. The Balaban J connectivity index is 2.07. The van der Waals surface area contributed by atoms with Gasteiger partial charge in [-0.1, -0.05) is 26.8 Å². The summed E-state index contributed by atoms with van der Waals surface area (Å²) in [5.74, 6) is 0.441. The van der Waals surface area contributed by atoms with Crippen LogP contribution >= 0.6 is 11.3 Å². The summed E-state index contributed by atoms with van der Waals surface area (Å²) >= 11 is 1.75. The first-order chi connectivity index (χ1) is 11.5. The van der Waals surface area contributed by atoms with Gasteiger partial charge in [0.15, 0.2) is 0 Å². The first-order valence-corrected chi connectivity index (χ1v) is 9.29. The maximum Gasteiger partial charge on any atom is 0.0935 e. The monoisotopic (exact) mass is 343 g/mol. The van der Waals surface area contributed by atoms with Crippen molar-refractivity contribution in [2.75, 3.05) is 11.9 Å². The molecule has 4 nitrogen and oxygen atoms in total. The molecule has 3 N–H and O–H groups in total. The second-order valence-electron chi connectivity index (χ2n) is 6.65. The summed E-state index contributed by atoms with van der Waals surface area (Å²) in [5, 5.41) is 15.2. The second kappa shape index (κ2) is 6.95. The number of aromatic amines is 1. The Hall–Kier alpha value is -1.85. The molecular weight excluding hydrogens is 318 g/mol. The van der Waals surface area contributed by atoms with Crippen molar-refractivity contribution in [2.45, 2.75) is 46.1 Å². The number of hydrogen-bond donors (Lipinski definition) is 3. The molecule has 3 rings (SSSR count). The third kappa shape index (κ3) is 3.19. The number of thiophene rings is 1. The molecule has 1 unspecified atom stereocenters. The van der Waals surface area contributed by atoms with Gasteiger partial charge in [0.05, 0.1) is 23.3 Å². The maximum atomic E-state index is 9.52. The number of H-pyrrole nitrogens is 1. The third-order valence-corrected chi connectivity index (χ3v) is 5.33. The minimum atomic E-state index is 0.0758. The molecule has 24 heavy (non-hydrogen) atoms. The normalized spacial score (nSPS) is 12.9. The summed E-state index contributed by atoms with van der Waals surface area (Å²) in [7, 11) is 0. The molecule has 1 atom stereocenters. The molecule has 0 fully saturated rings. The van der Waals surface area contributed by atoms with Gasteiger partial charge >= 0.3 is 0 Å². The molecule has 5 heteroatoms. The molecule has 0 saturated heterocycles. The molecule has 128 valence electrons. The Bertz CT molecular complexity index is 821. The van der Waals surface area contributed by atoms with Crippen molar-refractivity contribution in [1.82, 2.24) is 9.97 Å². The van der Waals surface area contributed by atoms with E-state index in [0.29, 0.717) is 5.92 Å². The van der Waals surface area contributed by atoms with Crippen LogP contribution in [0.5, 0.6) is 0 Å². The van der Waals surface area contributed by atoms with E-state index in [9.17, 15) is 5.11 Å². The van der Waals surface area contributed by atoms with E-state index in [2.05, 4.69) is 54.7 Å². The van der Waals surface area contributed by atoms with Crippen LogP contribution < -0.4 is 5.32 Å². The highest BCUT2D eigenvalue weighted by Gasteiger charge is 2.18. The number of aryl methyl sites for hydroxylation is 1. The molecular formula is C19H25N3OS. The first-order valence-electron chi connectivity index (χ1n) is 8.41. The standard InChI is InChI=1S/C19H25N3OS/c1-11(2)15-8-16(20-9-14-6-5-7-24-14)19-18(21-15)13(4)17(22-19)12(3)10-23/h5-8,11-12,22-23H,9-10H2,1-4H3,(H,20,21). The van der Waals surface area contributed by atoms with Crippen LogP contribution in [-0.4, -0.2) is 21.7 Å². The molecule has 0 aromatic carbocycles. The summed E-state index contributed by atoms with van der Waals surface area (Å²) in [5.41, 5.74) is 6.40.